The van der Waals surface area contributed by atoms with Crippen LogP contribution in [-0.4, -0.2) is 22.4 Å². The fourth-order valence-electron chi connectivity index (χ4n) is 1.59. The van der Waals surface area contributed by atoms with Crippen LogP contribution < -0.4 is 10.6 Å². The van der Waals surface area contributed by atoms with Crippen molar-refractivity contribution in [2.75, 3.05) is 11.9 Å². The van der Waals surface area contributed by atoms with Crippen LogP contribution in [0.5, 0.6) is 0 Å². The second kappa shape index (κ2) is 6.29. The summed E-state index contributed by atoms with van der Waals surface area (Å²) in [4.78, 5) is 21.5. The van der Waals surface area contributed by atoms with E-state index in [2.05, 4.69) is 20.6 Å². The number of hydrogen-bond acceptors (Lipinski definition) is 5. The molecule has 2 N–H and O–H groups in total. The molecule has 0 aliphatic heterocycles. The molecule has 19 heavy (non-hydrogen) atoms. The van der Waals surface area contributed by atoms with Crippen molar-refractivity contribution in [1.29, 1.82) is 0 Å². The first-order chi connectivity index (χ1) is 9.19. The lowest BCUT2D eigenvalue weighted by Crippen LogP contribution is -2.22. The first-order valence-corrected chi connectivity index (χ1v) is 6.90. The average Bonchev–Trinajstić information content (AvgIpc) is 2.82. The Kier molecular flexibility index (Phi) is 4.46. The highest BCUT2D eigenvalue weighted by molar-refractivity contribution is 7.11. The minimum absolute atomic E-state index is 0.116. The molecule has 0 aromatic carbocycles. The molecule has 0 saturated carbocycles. The lowest BCUT2D eigenvalue weighted by Gasteiger charge is -2.06. The number of thiazole rings is 1. The number of nitrogens with one attached hydrogen (secondary N) is 2. The van der Waals surface area contributed by atoms with Gasteiger partial charge in [0.1, 0.15) is 10.8 Å². The summed E-state index contributed by atoms with van der Waals surface area (Å²) in [7, 11) is 0. The highest BCUT2D eigenvalue weighted by Crippen LogP contribution is 2.11. The number of aromatic nitrogens is 2. The molecule has 5 nitrogen and oxygen atoms in total. The summed E-state index contributed by atoms with van der Waals surface area (Å²) >= 11 is 1.59. The molecule has 0 saturated heterocycles. The van der Waals surface area contributed by atoms with E-state index in [-0.39, 0.29) is 5.91 Å². The predicted molar refractivity (Wildman–Crippen MR) is 76.4 cm³/mol. The summed E-state index contributed by atoms with van der Waals surface area (Å²) in [6.45, 7) is 5.21. The number of pyridine rings is 1. The first-order valence-electron chi connectivity index (χ1n) is 6.08. The average molecular weight is 276 g/mol. The zero-order valence-electron chi connectivity index (χ0n) is 10.9. The molecule has 2 aromatic heterocycles. The van der Waals surface area contributed by atoms with Gasteiger partial charge in [-0.1, -0.05) is 0 Å². The van der Waals surface area contributed by atoms with Gasteiger partial charge in [0, 0.05) is 29.4 Å². The maximum atomic E-state index is 12.0. The fraction of sp³-hybridized carbons (Fsp3) is 0.308. The van der Waals surface area contributed by atoms with Gasteiger partial charge in [-0.3, -0.25) is 4.79 Å². The predicted octanol–water partition coefficient (Wildman–Crippen LogP) is 2.21. The Hall–Kier alpha value is -1.95. The first kappa shape index (κ1) is 13.5. The molecule has 2 rings (SSSR count). The van der Waals surface area contributed by atoms with Crippen LogP contribution in [-0.2, 0) is 6.54 Å². The maximum Gasteiger partial charge on any atom is 0.251 e. The van der Waals surface area contributed by atoms with Crippen molar-refractivity contribution in [2.24, 2.45) is 0 Å². The van der Waals surface area contributed by atoms with E-state index in [0.717, 1.165) is 16.4 Å². The lowest BCUT2D eigenvalue weighted by molar-refractivity contribution is 0.0951. The van der Waals surface area contributed by atoms with Crippen LogP contribution in [0.25, 0.3) is 0 Å². The van der Waals surface area contributed by atoms with Crippen LogP contribution in [0.3, 0.4) is 0 Å². The van der Waals surface area contributed by atoms with E-state index >= 15 is 0 Å². The Balaban J connectivity index is 1.97. The summed E-state index contributed by atoms with van der Waals surface area (Å²) < 4.78 is 0. The van der Waals surface area contributed by atoms with Crippen molar-refractivity contribution in [2.45, 2.75) is 20.4 Å². The quantitative estimate of drug-likeness (QED) is 0.878. The second-order valence-electron chi connectivity index (χ2n) is 4.01. The standard InChI is InChI=1S/C13H16N4OS/c1-3-14-11-6-10(4-5-15-11)13(18)17-8-12-16-7-9(2)19-12/h4-7H,3,8H2,1-2H3,(H,14,15)(H,17,18). The third kappa shape index (κ3) is 3.75. The zero-order valence-corrected chi connectivity index (χ0v) is 11.8. The van der Waals surface area contributed by atoms with Crippen LogP contribution >= 0.6 is 11.3 Å². The van der Waals surface area contributed by atoms with Gasteiger partial charge in [0.25, 0.3) is 5.91 Å². The molecule has 0 bridgehead atoms. The number of carbonyl (C=O) groups is 1. The molecule has 2 heterocycles. The highest BCUT2D eigenvalue weighted by Gasteiger charge is 2.07. The summed E-state index contributed by atoms with van der Waals surface area (Å²) in [5.41, 5.74) is 0.597. The van der Waals surface area contributed by atoms with E-state index in [9.17, 15) is 4.79 Å². The Morgan fingerprint density at radius 2 is 2.26 bits per heavy atom. The van der Waals surface area contributed by atoms with E-state index in [4.69, 9.17) is 0 Å². The Bertz CT molecular complexity index is 567. The van der Waals surface area contributed by atoms with Gasteiger partial charge in [-0.25, -0.2) is 9.97 Å². The van der Waals surface area contributed by atoms with Crippen molar-refractivity contribution >= 4 is 23.1 Å². The Morgan fingerprint density at radius 3 is 2.95 bits per heavy atom. The molecule has 0 aliphatic carbocycles. The van der Waals surface area contributed by atoms with Crippen molar-refractivity contribution in [3.05, 3.63) is 40.0 Å². The number of aryl methyl sites for hydroxylation is 1. The van der Waals surface area contributed by atoms with Gasteiger partial charge in [0.05, 0.1) is 6.54 Å². The second-order valence-corrected chi connectivity index (χ2v) is 5.33. The monoisotopic (exact) mass is 276 g/mol. The van der Waals surface area contributed by atoms with Crippen LogP contribution in [0.1, 0.15) is 27.2 Å². The van der Waals surface area contributed by atoms with Crippen LogP contribution in [0, 0.1) is 6.92 Å². The number of nitrogens with zero attached hydrogens (tertiary/aromatic N) is 2. The molecule has 0 radical (unpaired) electrons. The SMILES string of the molecule is CCNc1cc(C(=O)NCc2ncc(C)s2)ccn1. The van der Waals surface area contributed by atoms with Crippen molar-refractivity contribution in [3.63, 3.8) is 0 Å². The van der Waals surface area contributed by atoms with E-state index in [1.54, 1.807) is 29.7 Å². The third-order valence-electron chi connectivity index (χ3n) is 2.45. The molecule has 6 heteroatoms. The van der Waals surface area contributed by atoms with Gasteiger partial charge >= 0.3 is 0 Å². The van der Waals surface area contributed by atoms with E-state index < -0.39 is 0 Å². The van der Waals surface area contributed by atoms with Gasteiger partial charge in [0.15, 0.2) is 0 Å². The van der Waals surface area contributed by atoms with Gasteiger partial charge in [-0.05, 0) is 26.0 Å². The van der Waals surface area contributed by atoms with E-state index in [0.29, 0.717) is 17.9 Å². The number of carbonyl (C=O) groups excluding carboxylic acids is 1. The topological polar surface area (TPSA) is 66.9 Å². The molecule has 0 unspecified atom stereocenters. The molecule has 1 amide bonds. The number of anilines is 1. The molecule has 100 valence electrons. The maximum absolute atomic E-state index is 12.0. The molecule has 0 fully saturated rings. The molecule has 0 spiro atoms. The lowest BCUT2D eigenvalue weighted by atomic mass is 10.2. The number of hydrogen-bond donors (Lipinski definition) is 2. The number of rotatable bonds is 5. The van der Waals surface area contributed by atoms with Gasteiger partial charge in [0.2, 0.25) is 0 Å². The van der Waals surface area contributed by atoms with Crippen molar-refractivity contribution < 1.29 is 4.79 Å². The molecule has 0 aliphatic rings. The molecular weight excluding hydrogens is 260 g/mol. The normalized spacial score (nSPS) is 10.2. The Morgan fingerprint density at radius 1 is 1.42 bits per heavy atom. The van der Waals surface area contributed by atoms with Gasteiger partial charge in [-0.15, -0.1) is 11.3 Å². The van der Waals surface area contributed by atoms with Crippen molar-refractivity contribution in [1.82, 2.24) is 15.3 Å². The minimum Gasteiger partial charge on any atom is -0.370 e. The van der Waals surface area contributed by atoms with Crippen LogP contribution in [0.2, 0.25) is 0 Å². The van der Waals surface area contributed by atoms with Crippen LogP contribution in [0.4, 0.5) is 5.82 Å². The fourth-order valence-corrected chi connectivity index (χ4v) is 2.32. The van der Waals surface area contributed by atoms with E-state index in [1.165, 1.54) is 0 Å². The third-order valence-corrected chi connectivity index (χ3v) is 3.36. The molecule has 0 atom stereocenters. The Labute approximate surface area is 116 Å². The van der Waals surface area contributed by atoms with Gasteiger partial charge < -0.3 is 10.6 Å². The van der Waals surface area contributed by atoms with E-state index in [1.807, 2.05) is 20.0 Å². The minimum atomic E-state index is -0.116. The summed E-state index contributed by atoms with van der Waals surface area (Å²) in [6, 6.07) is 3.44. The summed E-state index contributed by atoms with van der Waals surface area (Å²) in [5, 5.41) is 6.84. The molecular formula is C13H16N4OS. The summed E-state index contributed by atoms with van der Waals surface area (Å²) in [5.74, 6) is 0.592. The summed E-state index contributed by atoms with van der Waals surface area (Å²) in [6.07, 6.45) is 3.43. The highest BCUT2D eigenvalue weighted by atomic mass is 32.1. The molecule has 2 aromatic rings. The van der Waals surface area contributed by atoms with Gasteiger partial charge in [-0.2, -0.15) is 0 Å². The number of amides is 1. The van der Waals surface area contributed by atoms with Crippen molar-refractivity contribution in [3.8, 4) is 0 Å². The largest absolute Gasteiger partial charge is 0.370 e. The van der Waals surface area contributed by atoms with Crippen LogP contribution in [0.15, 0.2) is 24.5 Å². The smallest absolute Gasteiger partial charge is 0.251 e. The zero-order chi connectivity index (χ0) is 13.7.